The lowest BCUT2D eigenvalue weighted by atomic mass is 9.98. The molecule has 3 heterocycles. The molecule has 34 heavy (non-hydrogen) atoms. The van der Waals surface area contributed by atoms with E-state index in [1.165, 1.54) is 24.4 Å². The Morgan fingerprint density at radius 2 is 1.56 bits per heavy atom. The Morgan fingerprint density at radius 3 is 2.38 bits per heavy atom. The summed E-state index contributed by atoms with van der Waals surface area (Å²) >= 11 is 12.1. The summed E-state index contributed by atoms with van der Waals surface area (Å²) in [6.45, 7) is 0. The minimum absolute atomic E-state index is 0.0756. The molecule has 0 saturated carbocycles. The molecule has 9 heteroatoms. The van der Waals surface area contributed by atoms with E-state index in [1.54, 1.807) is 30.9 Å². The van der Waals surface area contributed by atoms with Gasteiger partial charge in [-0.2, -0.15) is 0 Å². The highest BCUT2D eigenvalue weighted by molar-refractivity contribution is 7.92. The van der Waals surface area contributed by atoms with Gasteiger partial charge in [0, 0.05) is 40.8 Å². The van der Waals surface area contributed by atoms with Crippen LogP contribution in [0.2, 0.25) is 10.0 Å². The Bertz CT molecular complexity index is 1630. The van der Waals surface area contributed by atoms with Crippen molar-refractivity contribution in [2.24, 2.45) is 0 Å². The van der Waals surface area contributed by atoms with E-state index < -0.39 is 10.0 Å². The van der Waals surface area contributed by atoms with Gasteiger partial charge in [0.1, 0.15) is 4.90 Å². The molecule has 2 aromatic carbocycles. The average molecular weight is 507 g/mol. The van der Waals surface area contributed by atoms with E-state index in [4.69, 9.17) is 23.2 Å². The Kier molecular flexibility index (Phi) is 5.91. The van der Waals surface area contributed by atoms with Crippen molar-refractivity contribution < 1.29 is 8.42 Å². The highest BCUT2D eigenvalue weighted by Gasteiger charge is 2.19. The zero-order chi connectivity index (χ0) is 23.7. The smallest absolute Gasteiger partial charge is 0.263 e. The average Bonchev–Trinajstić information content (AvgIpc) is 2.85. The predicted octanol–water partition coefficient (Wildman–Crippen LogP) is 6.47. The van der Waals surface area contributed by atoms with Crippen LogP contribution in [0, 0.1) is 0 Å². The zero-order valence-corrected chi connectivity index (χ0v) is 19.8. The van der Waals surface area contributed by atoms with Crippen LogP contribution in [0.1, 0.15) is 0 Å². The monoisotopic (exact) mass is 506 g/mol. The van der Waals surface area contributed by atoms with Crippen molar-refractivity contribution in [2.75, 3.05) is 4.72 Å². The number of nitrogens with one attached hydrogen (secondary N) is 1. The van der Waals surface area contributed by atoms with E-state index >= 15 is 0 Å². The van der Waals surface area contributed by atoms with Crippen LogP contribution in [0.5, 0.6) is 0 Å². The van der Waals surface area contributed by atoms with E-state index in [-0.39, 0.29) is 14.9 Å². The fraction of sp³-hybridized carbons (Fsp3) is 0. The van der Waals surface area contributed by atoms with Gasteiger partial charge < -0.3 is 0 Å². The predicted molar refractivity (Wildman–Crippen MR) is 135 cm³/mol. The second-order valence-electron chi connectivity index (χ2n) is 7.47. The normalized spacial score (nSPS) is 11.5. The Hall–Kier alpha value is -3.52. The standard InChI is InChI=1S/C25H16Cl2N4O2S/c26-19-2-3-23(27)25(13-19)34(32,33)31-20-11-18(14-29-15-20)17-1-4-24-22(12-17)21(7-10-30-24)16-5-8-28-9-6-16/h1-15,31H. The van der Waals surface area contributed by atoms with Gasteiger partial charge in [-0.3, -0.25) is 19.7 Å². The summed E-state index contributed by atoms with van der Waals surface area (Å²) < 4.78 is 28.3. The van der Waals surface area contributed by atoms with Crippen LogP contribution < -0.4 is 4.72 Å². The van der Waals surface area contributed by atoms with Crippen molar-refractivity contribution in [1.29, 1.82) is 0 Å². The number of pyridine rings is 3. The van der Waals surface area contributed by atoms with Crippen molar-refractivity contribution in [3.8, 4) is 22.3 Å². The molecule has 0 radical (unpaired) electrons. The largest absolute Gasteiger partial charge is 0.278 e. The first-order valence-corrected chi connectivity index (χ1v) is 12.4. The van der Waals surface area contributed by atoms with E-state index in [1.807, 2.05) is 36.4 Å². The Morgan fingerprint density at radius 1 is 0.735 bits per heavy atom. The van der Waals surface area contributed by atoms with Gasteiger partial charge in [-0.15, -0.1) is 0 Å². The molecule has 6 nitrogen and oxygen atoms in total. The van der Waals surface area contributed by atoms with Gasteiger partial charge in [0.05, 0.1) is 22.4 Å². The topological polar surface area (TPSA) is 84.8 Å². The van der Waals surface area contributed by atoms with Gasteiger partial charge >= 0.3 is 0 Å². The molecule has 0 atom stereocenters. The molecule has 0 amide bonds. The SMILES string of the molecule is O=S(=O)(Nc1cncc(-c2ccc3nccc(-c4ccncc4)c3c2)c1)c1cc(Cl)ccc1Cl. The number of hydrogen-bond donors (Lipinski definition) is 1. The van der Waals surface area contributed by atoms with Crippen molar-refractivity contribution >= 4 is 49.8 Å². The second-order valence-corrected chi connectivity index (χ2v) is 9.96. The van der Waals surface area contributed by atoms with Crippen LogP contribution in [-0.2, 0) is 10.0 Å². The lowest BCUT2D eigenvalue weighted by Crippen LogP contribution is -2.13. The Labute approximate surface area is 206 Å². The van der Waals surface area contributed by atoms with Crippen LogP contribution in [0.4, 0.5) is 5.69 Å². The molecule has 3 aromatic heterocycles. The number of sulfonamides is 1. The number of nitrogens with zero attached hydrogens (tertiary/aromatic N) is 3. The first-order valence-electron chi connectivity index (χ1n) is 10.1. The second kappa shape index (κ2) is 9.02. The van der Waals surface area contributed by atoms with E-state index in [0.717, 1.165) is 33.2 Å². The van der Waals surface area contributed by atoms with E-state index in [9.17, 15) is 8.42 Å². The highest BCUT2D eigenvalue weighted by atomic mass is 35.5. The van der Waals surface area contributed by atoms with Crippen LogP contribution in [0.3, 0.4) is 0 Å². The maximum atomic E-state index is 12.9. The molecule has 0 aliphatic carbocycles. The van der Waals surface area contributed by atoms with Crippen molar-refractivity contribution in [2.45, 2.75) is 4.90 Å². The van der Waals surface area contributed by atoms with Crippen LogP contribution in [0.25, 0.3) is 33.2 Å². The van der Waals surface area contributed by atoms with Crippen LogP contribution in [-0.4, -0.2) is 23.4 Å². The summed E-state index contributed by atoms with van der Waals surface area (Å²) in [6.07, 6.45) is 8.38. The third-order valence-corrected chi connectivity index (χ3v) is 7.34. The van der Waals surface area contributed by atoms with Crippen molar-refractivity contribution in [1.82, 2.24) is 15.0 Å². The molecule has 0 fully saturated rings. The maximum Gasteiger partial charge on any atom is 0.263 e. The molecule has 168 valence electrons. The fourth-order valence-corrected chi connectivity index (χ4v) is 5.45. The summed E-state index contributed by atoms with van der Waals surface area (Å²) in [5, 5.41) is 1.31. The third kappa shape index (κ3) is 4.46. The number of anilines is 1. The lowest BCUT2D eigenvalue weighted by Gasteiger charge is -2.12. The van der Waals surface area contributed by atoms with Crippen molar-refractivity contribution in [3.63, 3.8) is 0 Å². The first-order chi connectivity index (χ1) is 16.4. The minimum atomic E-state index is -3.97. The number of fused-ring (bicyclic) bond motifs is 1. The summed E-state index contributed by atoms with van der Waals surface area (Å²) in [7, 11) is -3.97. The molecule has 0 saturated heterocycles. The van der Waals surface area contributed by atoms with Gasteiger partial charge in [0.25, 0.3) is 10.0 Å². The number of aromatic nitrogens is 3. The van der Waals surface area contributed by atoms with Gasteiger partial charge in [0.2, 0.25) is 0 Å². The summed E-state index contributed by atoms with van der Waals surface area (Å²) in [5.74, 6) is 0. The fourth-order valence-electron chi connectivity index (χ4n) is 3.66. The first kappa shape index (κ1) is 22.3. The van der Waals surface area contributed by atoms with Crippen LogP contribution in [0.15, 0.2) is 96.5 Å². The molecule has 0 unspecified atom stereocenters. The summed E-state index contributed by atoms with van der Waals surface area (Å²) in [6, 6.07) is 17.7. The molecule has 5 rings (SSSR count). The molecule has 0 aliphatic rings. The molecule has 0 bridgehead atoms. The van der Waals surface area contributed by atoms with Crippen LogP contribution >= 0.6 is 23.2 Å². The third-order valence-electron chi connectivity index (χ3n) is 5.24. The molecule has 0 spiro atoms. The lowest BCUT2D eigenvalue weighted by molar-refractivity contribution is 0.601. The molecule has 5 aromatic rings. The maximum absolute atomic E-state index is 12.9. The zero-order valence-electron chi connectivity index (χ0n) is 17.5. The molecule has 1 N–H and O–H groups in total. The summed E-state index contributed by atoms with van der Waals surface area (Å²) in [4.78, 5) is 12.7. The van der Waals surface area contributed by atoms with E-state index in [0.29, 0.717) is 5.69 Å². The minimum Gasteiger partial charge on any atom is -0.278 e. The van der Waals surface area contributed by atoms with Gasteiger partial charge in [-0.25, -0.2) is 8.42 Å². The van der Waals surface area contributed by atoms with Crippen molar-refractivity contribution in [3.05, 3.63) is 102 Å². The van der Waals surface area contributed by atoms with Gasteiger partial charge in [0.15, 0.2) is 0 Å². The molecular weight excluding hydrogens is 491 g/mol. The Balaban J connectivity index is 1.53. The molecule has 0 aliphatic heterocycles. The number of rotatable bonds is 5. The quantitative estimate of drug-likeness (QED) is 0.295. The van der Waals surface area contributed by atoms with Gasteiger partial charge in [-0.05, 0) is 71.3 Å². The summed E-state index contributed by atoms with van der Waals surface area (Å²) in [5.41, 5.74) is 4.80. The number of halogens is 2. The number of benzene rings is 2. The van der Waals surface area contributed by atoms with Gasteiger partial charge in [-0.1, -0.05) is 29.3 Å². The number of hydrogen-bond acceptors (Lipinski definition) is 5. The van der Waals surface area contributed by atoms with E-state index in [2.05, 4.69) is 19.7 Å². The molecular formula is C25H16Cl2N4O2S. The highest BCUT2D eigenvalue weighted by Crippen LogP contribution is 2.32.